The highest BCUT2D eigenvalue weighted by atomic mass is 16.3. The van der Waals surface area contributed by atoms with Crippen molar-refractivity contribution in [2.45, 2.75) is 90.4 Å². The van der Waals surface area contributed by atoms with E-state index < -0.39 is 0 Å². The molecule has 2 rings (SSSR count). The van der Waals surface area contributed by atoms with Crippen LogP contribution in [0.1, 0.15) is 106 Å². The van der Waals surface area contributed by atoms with Crippen molar-refractivity contribution < 1.29 is 19.8 Å². The maximum atomic E-state index is 12.4. The first-order chi connectivity index (χ1) is 17.0. The van der Waals surface area contributed by atoms with Crippen LogP contribution < -0.4 is 5.32 Å². The maximum Gasteiger partial charge on any atom is 0.248 e. The third kappa shape index (κ3) is 11.7. The third-order valence-electron chi connectivity index (χ3n) is 6.16. The summed E-state index contributed by atoms with van der Waals surface area (Å²) in [7, 11) is 0. The molecule has 0 heterocycles. The molecule has 0 fully saturated rings. The molecular formula is C30H41NO4. The number of phenols is 2. The van der Waals surface area contributed by atoms with Gasteiger partial charge in [0.2, 0.25) is 5.91 Å². The zero-order chi connectivity index (χ0) is 25.3. The van der Waals surface area contributed by atoms with Crippen molar-refractivity contribution in [1.29, 1.82) is 0 Å². The van der Waals surface area contributed by atoms with Crippen molar-refractivity contribution in [3.8, 4) is 11.5 Å². The number of aromatic hydroxyl groups is 2. The molecule has 0 spiro atoms. The number of phenolic OH excluding ortho intramolecular Hbond substituents is 2. The predicted octanol–water partition coefficient (Wildman–Crippen LogP) is 8.02. The minimum absolute atomic E-state index is 0.141. The predicted molar refractivity (Wildman–Crippen MR) is 144 cm³/mol. The van der Waals surface area contributed by atoms with E-state index in [1.165, 1.54) is 82.4 Å². The van der Waals surface area contributed by atoms with E-state index in [0.29, 0.717) is 23.2 Å². The molecule has 0 saturated carbocycles. The number of benzene rings is 2. The zero-order valence-electron chi connectivity index (χ0n) is 21.1. The fourth-order valence-corrected chi connectivity index (χ4v) is 4.01. The lowest BCUT2D eigenvalue weighted by Crippen LogP contribution is -2.08. The molecule has 3 N–H and O–H groups in total. The highest BCUT2D eigenvalue weighted by Gasteiger charge is 2.06. The standard InChI is InChI=1S/C30H41NO4/c1-2-3-4-5-6-7-8-9-10-11-12-13-14-27(32)25-17-19-26(20-18-25)31-30(35)22-16-24-15-21-28(33)29(34)23-24/h15-23,33-34H,2-14H2,1H3,(H,31,35). The summed E-state index contributed by atoms with van der Waals surface area (Å²) in [6.45, 7) is 2.25. The number of ketones is 1. The SMILES string of the molecule is CCCCCCCCCCCCCCC(=O)c1ccc(NC(=O)C=Cc2ccc(O)c(O)c2)cc1. The highest BCUT2D eigenvalue weighted by molar-refractivity contribution is 6.02. The third-order valence-corrected chi connectivity index (χ3v) is 6.16. The molecule has 0 aliphatic rings. The molecule has 0 unspecified atom stereocenters. The van der Waals surface area contributed by atoms with Crippen LogP contribution in [0.15, 0.2) is 48.5 Å². The van der Waals surface area contributed by atoms with Crippen LogP contribution in [0, 0.1) is 0 Å². The van der Waals surface area contributed by atoms with Gasteiger partial charge in [0, 0.05) is 23.7 Å². The van der Waals surface area contributed by atoms with Crippen LogP contribution in [0.5, 0.6) is 11.5 Å². The molecule has 190 valence electrons. The van der Waals surface area contributed by atoms with Gasteiger partial charge in [0.25, 0.3) is 0 Å². The molecule has 5 heteroatoms. The fraction of sp³-hybridized carbons (Fsp3) is 0.467. The number of rotatable bonds is 17. The van der Waals surface area contributed by atoms with Crippen LogP contribution in [-0.4, -0.2) is 21.9 Å². The van der Waals surface area contributed by atoms with Crippen molar-refractivity contribution in [2.75, 3.05) is 5.32 Å². The Morgan fingerprint density at radius 1 is 0.743 bits per heavy atom. The van der Waals surface area contributed by atoms with E-state index >= 15 is 0 Å². The summed E-state index contributed by atoms with van der Waals surface area (Å²) >= 11 is 0. The number of anilines is 1. The number of Topliss-reactive ketones (excluding diaryl/α,β-unsaturated/α-hetero) is 1. The molecule has 0 radical (unpaired) electrons. The van der Waals surface area contributed by atoms with Crippen molar-refractivity contribution in [1.82, 2.24) is 0 Å². The van der Waals surface area contributed by atoms with Crippen LogP contribution in [0.3, 0.4) is 0 Å². The van der Waals surface area contributed by atoms with Gasteiger partial charge in [-0.3, -0.25) is 9.59 Å². The Bertz CT molecular complexity index is 934. The number of hydrogen-bond acceptors (Lipinski definition) is 4. The van der Waals surface area contributed by atoms with Gasteiger partial charge in [0.1, 0.15) is 0 Å². The van der Waals surface area contributed by atoms with Gasteiger partial charge in [0.05, 0.1) is 0 Å². The molecule has 0 atom stereocenters. The number of amides is 1. The first-order valence-corrected chi connectivity index (χ1v) is 13.1. The second-order valence-corrected chi connectivity index (χ2v) is 9.21. The fourth-order valence-electron chi connectivity index (χ4n) is 4.01. The van der Waals surface area contributed by atoms with Crippen LogP contribution in [0.4, 0.5) is 5.69 Å². The van der Waals surface area contributed by atoms with Gasteiger partial charge in [-0.25, -0.2) is 0 Å². The Kier molecular flexibility index (Phi) is 13.3. The van der Waals surface area contributed by atoms with E-state index in [-0.39, 0.29) is 23.2 Å². The zero-order valence-corrected chi connectivity index (χ0v) is 21.1. The van der Waals surface area contributed by atoms with Crippen molar-refractivity contribution in [3.05, 3.63) is 59.7 Å². The van der Waals surface area contributed by atoms with Crippen molar-refractivity contribution in [3.63, 3.8) is 0 Å². The quantitative estimate of drug-likeness (QED) is 0.0927. The highest BCUT2D eigenvalue weighted by Crippen LogP contribution is 2.25. The monoisotopic (exact) mass is 479 g/mol. The first-order valence-electron chi connectivity index (χ1n) is 13.1. The lowest BCUT2D eigenvalue weighted by Gasteiger charge is -2.05. The minimum atomic E-state index is -0.326. The maximum absolute atomic E-state index is 12.4. The van der Waals surface area contributed by atoms with Crippen LogP contribution in [-0.2, 0) is 4.79 Å². The summed E-state index contributed by atoms with van der Waals surface area (Å²) in [5, 5.41) is 21.6. The van der Waals surface area contributed by atoms with E-state index in [2.05, 4.69) is 12.2 Å². The second kappa shape index (κ2) is 16.5. The van der Waals surface area contributed by atoms with Crippen molar-refractivity contribution >= 4 is 23.5 Å². The lowest BCUT2D eigenvalue weighted by atomic mass is 10.0. The van der Waals surface area contributed by atoms with Gasteiger partial charge in [-0.05, 0) is 54.5 Å². The van der Waals surface area contributed by atoms with Gasteiger partial charge >= 0.3 is 0 Å². The number of carbonyl (C=O) groups excluding carboxylic acids is 2. The van der Waals surface area contributed by atoms with Gasteiger partial charge < -0.3 is 15.5 Å². The summed E-state index contributed by atoms with van der Waals surface area (Å²) in [5.74, 6) is -0.633. The van der Waals surface area contributed by atoms with E-state index in [4.69, 9.17) is 0 Å². The molecule has 0 aromatic heterocycles. The summed E-state index contributed by atoms with van der Waals surface area (Å²) in [6, 6.07) is 11.3. The van der Waals surface area contributed by atoms with E-state index in [1.807, 2.05) is 0 Å². The Labute approximate surface area is 210 Å². The molecule has 1 amide bonds. The number of unbranched alkanes of at least 4 members (excludes halogenated alkanes) is 11. The lowest BCUT2D eigenvalue weighted by molar-refractivity contribution is -0.111. The van der Waals surface area contributed by atoms with Crippen LogP contribution in [0.2, 0.25) is 0 Å². The van der Waals surface area contributed by atoms with Crippen molar-refractivity contribution in [2.24, 2.45) is 0 Å². The largest absolute Gasteiger partial charge is 0.504 e. The minimum Gasteiger partial charge on any atom is -0.504 e. The number of nitrogens with one attached hydrogen (secondary N) is 1. The first kappa shape index (κ1) is 28.2. The molecule has 0 aliphatic heterocycles. The molecule has 0 bridgehead atoms. The number of hydrogen-bond donors (Lipinski definition) is 3. The Balaban J connectivity index is 1.60. The molecule has 2 aromatic carbocycles. The molecule has 35 heavy (non-hydrogen) atoms. The molecule has 2 aromatic rings. The molecular weight excluding hydrogens is 438 g/mol. The van der Waals surface area contributed by atoms with Gasteiger partial charge in [-0.15, -0.1) is 0 Å². The average molecular weight is 480 g/mol. The van der Waals surface area contributed by atoms with Crippen LogP contribution >= 0.6 is 0 Å². The second-order valence-electron chi connectivity index (χ2n) is 9.21. The van der Waals surface area contributed by atoms with E-state index in [0.717, 1.165) is 12.8 Å². The smallest absolute Gasteiger partial charge is 0.248 e. The van der Waals surface area contributed by atoms with E-state index in [1.54, 1.807) is 36.4 Å². The van der Waals surface area contributed by atoms with Gasteiger partial charge in [-0.1, -0.05) is 83.6 Å². The summed E-state index contributed by atoms with van der Waals surface area (Å²) < 4.78 is 0. The Morgan fingerprint density at radius 2 is 1.31 bits per heavy atom. The van der Waals surface area contributed by atoms with Gasteiger partial charge in [0.15, 0.2) is 17.3 Å². The summed E-state index contributed by atoms with van der Waals surface area (Å²) in [5.41, 5.74) is 1.87. The Hall–Kier alpha value is -3.08. The topological polar surface area (TPSA) is 86.6 Å². The normalized spacial score (nSPS) is 11.1. The van der Waals surface area contributed by atoms with E-state index in [9.17, 15) is 19.8 Å². The summed E-state index contributed by atoms with van der Waals surface area (Å²) in [6.07, 6.45) is 18.8. The molecule has 0 saturated heterocycles. The molecule has 0 aliphatic carbocycles. The average Bonchev–Trinajstić information content (AvgIpc) is 2.85. The number of carbonyl (C=O) groups is 2. The summed E-state index contributed by atoms with van der Waals surface area (Å²) in [4.78, 5) is 24.6. The van der Waals surface area contributed by atoms with Crippen LogP contribution in [0.25, 0.3) is 6.08 Å². The van der Waals surface area contributed by atoms with Gasteiger partial charge in [-0.2, -0.15) is 0 Å². The molecule has 5 nitrogen and oxygen atoms in total. The Morgan fingerprint density at radius 3 is 1.89 bits per heavy atom.